The van der Waals surface area contributed by atoms with Crippen molar-refractivity contribution >= 4 is 6.09 Å². The van der Waals surface area contributed by atoms with Crippen LogP contribution in [0.15, 0.2) is 30.3 Å². The number of carbonyl (C=O) groups is 1. The fraction of sp³-hybridized carbons (Fsp3) is 0.611. The molecule has 0 spiro atoms. The van der Waals surface area contributed by atoms with Gasteiger partial charge in [-0.25, -0.2) is 9.18 Å². The molecule has 5 heteroatoms. The van der Waals surface area contributed by atoms with E-state index in [0.29, 0.717) is 26.0 Å². The fourth-order valence-corrected chi connectivity index (χ4v) is 3.17. The molecular weight excluding hydrogens is 297 g/mol. The van der Waals surface area contributed by atoms with Crippen molar-refractivity contribution in [2.75, 3.05) is 13.2 Å². The molecule has 3 rings (SSSR count). The van der Waals surface area contributed by atoms with Crippen molar-refractivity contribution in [2.45, 2.75) is 50.9 Å². The van der Waals surface area contributed by atoms with Crippen molar-refractivity contribution in [3.8, 4) is 0 Å². The van der Waals surface area contributed by atoms with E-state index in [1.165, 1.54) is 4.90 Å². The summed E-state index contributed by atoms with van der Waals surface area (Å²) in [5.41, 5.74) is 1.15. The summed E-state index contributed by atoms with van der Waals surface area (Å²) in [6.07, 6.45) is 0.220. The lowest BCUT2D eigenvalue weighted by Gasteiger charge is -2.40. The number of nitrogens with zero attached hydrogens (tertiary/aromatic N) is 1. The van der Waals surface area contributed by atoms with Crippen LogP contribution in [0, 0.1) is 5.41 Å². The number of likely N-dealkylation sites (tertiary alicyclic amines) is 1. The van der Waals surface area contributed by atoms with Crippen LogP contribution in [0.5, 0.6) is 0 Å². The lowest BCUT2D eigenvalue weighted by atomic mass is 9.92. The number of carboxylic acid groups (broad SMARTS) is 1. The molecule has 1 aliphatic heterocycles. The first-order valence-electron chi connectivity index (χ1n) is 8.28. The second-order valence-electron chi connectivity index (χ2n) is 7.13. The third-order valence-electron chi connectivity index (χ3n) is 5.06. The Morgan fingerprint density at radius 1 is 1.39 bits per heavy atom. The standard InChI is InChI=1S/C18H24FNO3/c1-18(8-9-18)12-23-15-7-10-20(17(21)22)14(16(15)19)11-13-5-3-2-4-6-13/h2-6,14-16H,7-12H2,1H3,(H,21,22)/t14?,15-,16+/m1/s1. The van der Waals surface area contributed by atoms with Gasteiger partial charge >= 0.3 is 6.09 Å². The highest BCUT2D eigenvalue weighted by Crippen LogP contribution is 2.45. The van der Waals surface area contributed by atoms with Crippen molar-refractivity contribution < 1.29 is 19.0 Å². The Kier molecular flexibility index (Phi) is 4.57. The Morgan fingerprint density at radius 3 is 2.70 bits per heavy atom. The smallest absolute Gasteiger partial charge is 0.407 e. The van der Waals surface area contributed by atoms with Gasteiger partial charge in [0, 0.05) is 6.54 Å². The molecule has 2 fully saturated rings. The second-order valence-corrected chi connectivity index (χ2v) is 7.13. The summed E-state index contributed by atoms with van der Waals surface area (Å²) < 4.78 is 20.8. The van der Waals surface area contributed by atoms with E-state index in [9.17, 15) is 14.3 Å². The number of piperidine rings is 1. The van der Waals surface area contributed by atoms with Gasteiger partial charge in [0.05, 0.1) is 18.8 Å². The van der Waals surface area contributed by atoms with Crippen LogP contribution in [0.3, 0.4) is 0 Å². The number of alkyl halides is 1. The summed E-state index contributed by atoms with van der Waals surface area (Å²) in [7, 11) is 0. The minimum Gasteiger partial charge on any atom is -0.465 e. The van der Waals surface area contributed by atoms with Gasteiger partial charge in [-0.05, 0) is 36.7 Å². The number of halogens is 1. The summed E-state index contributed by atoms with van der Waals surface area (Å²) in [5.74, 6) is 0. The first-order chi connectivity index (χ1) is 11.0. The van der Waals surface area contributed by atoms with Gasteiger partial charge < -0.3 is 14.7 Å². The fourth-order valence-electron chi connectivity index (χ4n) is 3.17. The zero-order valence-electron chi connectivity index (χ0n) is 13.5. The maximum absolute atomic E-state index is 15.0. The largest absolute Gasteiger partial charge is 0.465 e. The van der Waals surface area contributed by atoms with Crippen LogP contribution in [0.2, 0.25) is 0 Å². The number of amides is 1. The SMILES string of the molecule is CC1(CO[C@@H]2CCN(C(=O)O)C(Cc3ccccc3)[C@@H]2F)CC1. The van der Waals surface area contributed by atoms with Crippen LogP contribution >= 0.6 is 0 Å². The number of hydrogen-bond donors (Lipinski definition) is 1. The topological polar surface area (TPSA) is 49.8 Å². The second kappa shape index (κ2) is 6.48. The van der Waals surface area contributed by atoms with Gasteiger partial charge in [0.25, 0.3) is 0 Å². The highest BCUT2D eigenvalue weighted by Gasteiger charge is 2.44. The van der Waals surface area contributed by atoms with Gasteiger partial charge in [0.1, 0.15) is 6.17 Å². The number of rotatable bonds is 5. The van der Waals surface area contributed by atoms with E-state index in [-0.39, 0.29) is 5.41 Å². The number of ether oxygens (including phenoxy) is 1. The summed E-state index contributed by atoms with van der Waals surface area (Å²) in [5, 5.41) is 9.38. The van der Waals surface area contributed by atoms with Crippen LogP contribution in [0.25, 0.3) is 0 Å². The molecule has 1 aromatic rings. The zero-order valence-corrected chi connectivity index (χ0v) is 13.5. The average molecular weight is 321 g/mol. The van der Waals surface area contributed by atoms with E-state index < -0.39 is 24.4 Å². The maximum atomic E-state index is 15.0. The Labute approximate surface area is 136 Å². The molecule has 3 atom stereocenters. The first kappa shape index (κ1) is 16.2. The van der Waals surface area contributed by atoms with E-state index in [1.54, 1.807) is 0 Å². The van der Waals surface area contributed by atoms with Gasteiger partial charge in [-0.2, -0.15) is 0 Å². The molecule has 0 aromatic heterocycles. The average Bonchev–Trinajstić information content (AvgIpc) is 3.27. The predicted octanol–water partition coefficient (Wildman–Crippen LogP) is 3.50. The molecule has 1 heterocycles. The normalized spacial score (nSPS) is 29.3. The molecule has 1 saturated heterocycles. The highest BCUT2D eigenvalue weighted by molar-refractivity contribution is 5.65. The van der Waals surface area contributed by atoms with Crippen molar-refractivity contribution in [1.29, 1.82) is 0 Å². The molecule has 1 saturated carbocycles. The van der Waals surface area contributed by atoms with Crippen LogP contribution in [0.1, 0.15) is 31.7 Å². The van der Waals surface area contributed by atoms with E-state index in [1.807, 2.05) is 30.3 Å². The van der Waals surface area contributed by atoms with E-state index in [2.05, 4.69) is 6.92 Å². The highest BCUT2D eigenvalue weighted by atomic mass is 19.1. The van der Waals surface area contributed by atoms with Crippen molar-refractivity contribution in [3.63, 3.8) is 0 Å². The lowest BCUT2D eigenvalue weighted by molar-refractivity contribution is -0.0772. The minimum atomic E-state index is -1.29. The van der Waals surface area contributed by atoms with Gasteiger partial charge in [-0.1, -0.05) is 37.3 Å². The molecular formula is C18H24FNO3. The molecule has 0 bridgehead atoms. The monoisotopic (exact) mass is 321 g/mol. The molecule has 1 aliphatic carbocycles. The quantitative estimate of drug-likeness (QED) is 0.903. The van der Waals surface area contributed by atoms with Crippen molar-refractivity contribution in [1.82, 2.24) is 4.90 Å². The van der Waals surface area contributed by atoms with Crippen LogP contribution < -0.4 is 0 Å². The minimum absolute atomic E-state index is 0.207. The molecule has 1 N–H and O–H groups in total. The first-order valence-corrected chi connectivity index (χ1v) is 8.28. The maximum Gasteiger partial charge on any atom is 0.407 e. The van der Waals surface area contributed by atoms with Crippen molar-refractivity contribution in [2.24, 2.45) is 5.41 Å². The Morgan fingerprint density at radius 2 is 2.09 bits per heavy atom. The predicted molar refractivity (Wildman–Crippen MR) is 85.3 cm³/mol. The van der Waals surface area contributed by atoms with Gasteiger partial charge in [0.15, 0.2) is 0 Å². The summed E-state index contributed by atoms with van der Waals surface area (Å²) in [4.78, 5) is 12.7. The van der Waals surface area contributed by atoms with E-state index in [4.69, 9.17) is 4.74 Å². The molecule has 1 unspecified atom stereocenters. The molecule has 2 aliphatic rings. The van der Waals surface area contributed by atoms with Gasteiger partial charge in [-0.15, -0.1) is 0 Å². The Hall–Kier alpha value is -1.62. The van der Waals surface area contributed by atoms with E-state index in [0.717, 1.165) is 18.4 Å². The van der Waals surface area contributed by atoms with Gasteiger partial charge in [0.2, 0.25) is 0 Å². The molecule has 23 heavy (non-hydrogen) atoms. The summed E-state index contributed by atoms with van der Waals surface area (Å²) in [6.45, 7) is 3.05. The van der Waals surface area contributed by atoms with Gasteiger partial charge in [-0.3, -0.25) is 0 Å². The summed E-state index contributed by atoms with van der Waals surface area (Å²) in [6, 6.07) is 8.80. The van der Waals surface area contributed by atoms with E-state index >= 15 is 0 Å². The summed E-state index contributed by atoms with van der Waals surface area (Å²) >= 11 is 0. The zero-order chi connectivity index (χ0) is 16.4. The van der Waals surface area contributed by atoms with Crippen molar-refractivity contribution in [3.05, 3.63) is 35.9 Å². The lowest BCUT2D eigenvalue weighted by Crippen LogP contribution is -2.56. The molecule has 126 valence electrons. The Bertz CT molecular complexity index is 546. The number of benzene rings is 1. The molecule has 4 nitrogen and oxygen atoms in total. The molecule has 1 aromatic carbocycles. The van der Waals surface area contributed by atoms with Crippen LogP contribution in [-0.4, -0.2) is 47.6 Å². The Balaban J connectivity index is 1.69. The third kappa shape index (κ3) is 3.83. The molecule has 1 amide bonds. The number of hydrogen-bond acceptors (Lipinski definition) is 2. The molecule has 0 radical (unpaired) electrons. The van der Waals surface area contributed by atoms with Crippen LogP contribution in [0.4, 0.5) is 9.18 Å². The van der Waals surface area contributed by atoms with Crippen LogP contribution in [-0.2, 0) is 11.2 Å². The third-order valence-corrected chi connectivity index (χ3v) is 5.06.